The molecule has 0 nitrogen and oxygen atoms in total. The smallest absolute Gasteiger partial charge is 0.0150 e. The van der Waals surface area contributed by atoms with E-state index in [4.69, 9.17) is 0 Å². The minimum atomic E-state index is 0.342. The normalized spacial score (nSPS) is 12.2. The standard InChI is InChI=1S/C12H24/c1-10(2)8-7-9-12(5,6)11(3)4/h10H,3,7-9H2,1-2,4-6H3. The van der Waals surface area contributed by atoms with E-state index in [-0.39, 0.29) is 0 Å². The van der Waals surface area contributed by atoms with Gasteiger partial charge in [0.15, 0.2) is 0 Å². The van der Waals surface area contributed by atoms with Gasteiger partial charge >= 0.3 is 0 Å². The number of allylic oxidation sites excluding steroid dienone is 1. The van der Waals surface area contributed by atoms with Crippen LogP contribution in [0.4, 0.5) is 0 Å². The van der Waals surface area contributed by atoms with Gasteiger partial charge in [-0.15, -0.1) is 0 Å². The topological polar surface area (TPSA) is 0 Å². The zero-order valence-corrected chi connectivity index (χ0v) is 9.41. The average molecular weight is 168 g/mol. The highest BCUT2D eigenvalue weighted by Crippen LogP contribution is 2.31. The van der Waals surface area contributed by atoms with Crippen molar-refractivity contribution in [2.45, 2.75) is 53.9 Å². The Bertz CT molecular complexity index is 140. The second-order valence-electron chi connectivity index (χ2n) is 4.95. The summed E-state index contributed by atoms with van der Waals surface area (Å²) in [6.07, 6.45) is 3.95. The molecule has 72 valence electrons. The van der Waals surface area contributed by atoms with Crippen molar-refractivity contribution >= 4 is 0 Å². The lowest BCUT2D eigenvalue weighted by atomic mass is 9.80. The van der Waals surface area contributed by atoms with Gasteiger partial charge in [0.1, 0.15) is 0 Å². The molecular formula is C12H24. The zero-order chi connectivity index (χ0) is 9.78. The van der Waals surface area contributed by atoms with Gasteiger partial charge in [-0.05, 0) is 24.7 Å². The Hall–Kier alpha value is -0.260. The summed E-state index contributed by atoms with van der Waals surface area (Å²) >= 11 is 0. The van der Waals surface area contributed by atoms with Crippen LogP contribution in [0, 0.1) is 11.3 Å². The van der Waals surface area contributed by atoms with E-state index in [2.05, 4.69) is 41.2 Å². The third kappa shape index (κ3) is 4.58. The van der Waals surface area contributed by atoms with Gasteiger partial charge in [0.2, 0.25) is 0 Å². The molecule has 0 radical (unpaired) electrons. The SMILES string of the molecule is C=C(C)C(C)(C)CCCC(C)C. The van der Waals surface area contributed by atoms with Crippen LogP contribution in [0.25, 0.3) is 0 Å². The maximum atomic E-state index is 4.02. The van der Waals surface area contributed by atoms with Crippen molar-refractivity contribution in [1.82, 2.24) is 0 Å². The maximum Gasteiger partial charge on any atom is -0.0150 e. The van der Waals surface area contributed by atoms with E-state index in [9.17, 15) is 0 Å². The van der Waals surface area contributed by atoms with Crippen molar-refractivity contribution in [1.29, 1.82) is 0 Å². The Kier molecular flexibility index (Phi) is 4.59. The Labute approximate surface area is 78.1 Å². The Morgan fingerprint density at radius 2 is 1.83 bits per heavy atom. The summed E-state index contributed by atoms with van der Waals surface area (Å²) in [7, 11) is 0. The van der Waals surface area contributed by atoms with Crippen LogP contribution < -0.4 is 0 Å². The van der Waals surface area contributed by atoms with E-state index < -0.39 is 0 Å². The fourth-order valence-electron chi connectivity index (χ4n) is 1.17. The Balaban J connectivity index is 3.69. The molecule has 0 aromatic rings. The number of hydrogen-bond acceptors (Lipinski definition) is 0. The van der Waals surface area contributed by atoms with E-state index in [0.29, 0.717) is 5.41 Å². The number of hydrogen-bond donors (Lipinski definition) is 0. The number of rotatable bonds is 5. The largest absolute Gasteiger partial charge is 0.0996 e. The highest BCUT2D eigenvalue weighted by molar-refractivity contribution is 5.02. The van der Waals surface area contributed by atoms with E-state index in [1.165, 1.54) is 24.8 Å². The lowest BCUT2D eigenvalue weighted by Gasteiger charge is -2.25. The minimum absolute atomic E-state index is 0.342. The van der Waals surface area contributed by atoms with Gasteiger partial charge in [-0.1, -0.05) is 52.7 Å². The molecule has 0 aromatic heterocycles. The molecule has 12 heavy (non-hydrogen) atoms. The molecule has 0 aliphatic rings. The van der Waals surface area contributed by atoms with Crippen molar-refractivity contribution in [3.05, 3.63) is 12.2 Å². The van der Waals surface area contributed by atoms with Gasteiger partial charge in [0.05, 0.1) is 0 Å². The van der Waals surface area contributed by atoms with Gasteiger partial charge in [-0.25, -0.2) is 0 Å². The van der Waals surface area contributed by atoms with E-state index in [1.54, 1.807) is 0 Å². The highest BCUT2D eigenvalue weighted by Gasteiger charge is 2.17. The molecule has 0 fully saturated rings. The molecule has 0 bridgehead atoms. The average Bonchev–Trinajstić information content (AvgIpc) is 1.85. The van der Waals surface area contributed by atoms with Gasteiger partial charge in [-0.2, -0.15) is 0 Å². The Morgan fingerprint density at radius 3 is 2.17 bits per heavy atom. The summed E-state index contributed by atoms with van der Waals surface area (Å²) in [4.78, 5) is 0. The van der Waals surface area contributed by atoms with Crippen LogP contribution in [0.15, 0.2) is 12.2 Å². The molecule has 0 aliphatic carbocycles. The molecule has 0 N–H and O–H groups in total. The van der Waals surface area contributed by atoms with E-state index in [0.717, 1.165) is 5.92 Å². The summed E-state index contributed by atoms with van der Waals surface area (Å²) in [5.74, 6) is 0.839. The molecule has 0 aromatic carbocycles. The fraction of sp³-hybridized carbons (Fsp3) is 0.833. The van der Waals surface area contributed by atoms with Crippen LogP contribution in [0.3, 0.4) is 0 Å². The first-order valence-electron chi connectivity index (χ1n) is 5.02. The monoisotopic (exact) mass is 168 g/mol. The molecule has 0 saturated carbocycles. The predicted octanol–water partition coefficient (Wildman–Crippen LogP) is 4.42. The van der Waals surface area contributed by atoms with Crippen molar-refractivity contribution in [2.24, 2.45) is 11.3 Å². The van der Waals surface area contributed by atoms with Gasteiger partial charge in [0, 0.05) is 0 Å². The lowest BCUT2D eigenvalue weighted by molar-refractivity contribution is 0.373. The van der Waals surface area contributed by atoms with Crippen molar-refractivity contribution in [2.75, 3.05) is 0 Å². The van der Waals surface area contributed by atoms with Crippen LogP contribution in [0.1, 0.15) is 53.9 Å². The Morgan fingerprint density at radius 1 is 1.33 bits per heavy atom. The second-order valence-corrected chi connectivity index (χ2v) is 4.95. The van der Waals surface area contributed by atoms with Gasteiger partial charge in [0.25, 0.3) is 0 Å². The lowest BCUT2D eigenvalue weighted by Crippen LogP contribution is -2.12. The second kappa shape index (κ2) is 4.69. The molecular weight excluding hydrogens is 144 g/mol. The van der Waals surface area contributed by atoms with Gasteiger partial charge < -0.3 is 0 Å². The van der Waals surface area contributed by atoms with Crippen molar-refractivity contribution < 1.29 is 0 Å². The maximum absolute atomic E-state index is 4.02. The molecule has 0 heterocycles. The van der Waals surface area contributed by atoms with Crippen molar-refractivity contribution in [3.8, 4) is 0 Å². The molecule has 0 rings (SSSR count). The van der Waals surface area contributed by atoms with Crippen LogP contribution in [0.5, 0.6) is 0 Å². The molecule has 0 amide bonds. The third-order valence-electron chi connectivity index (χ3n) is 2.74. The molecule has 0 saturated heterocycles. The first-order valence-corrected chi connectivity index (χ1v) is 5.02. The van der Waals surface area contributed by atoms with Crippen LogP contribution in [-0.4, -0.2) is 0 Å². The first kappa shape index (κ1) is 11.7. The van der Waals surface area contributed by atoms with Crippen molar-refractivity contribution in [3.63, 3.8) is 0 Å². The molecule has 0 aliphatic heterocycles. The van der Waals surface area contributed by atoms with E-state index >= 15 is 0 Å². The fourth-order valence-corrected chi connectivity index (χ4v) is 1.17. The third-order valence-corrected chi connectivity index (χ3v) is 2.74. The summed E-state index contributed by atoms with van der Waals surface area (Å²) in [5.41, 5.74) is 1.65. The van der Waals surface area contributed by atoms with Gasteiger partial charge in [-0.3, -0.25) is 0 Å². The molecule has 0 heteroatoms. The summed E-state index contributed by atoms with van der Waals surface area (Å²) in [6, 6.07) is 0. The van der Waals surface area contributed by atoms with Crippen LogP contribution in [0.2, 0.25) is 0 Å². The molecule has 0 unspecified atom stereocenters. The quantitative estimate of drug-likeness (QED) is 0.533. The van der Waals surface area contributed by atoms with E-state index in [1.807, 2.05) is 0 Å². The van der Waals surface area contributed by atoms with Crippen LogP contribution >= 0.6 is 0 Å². The highest BCUT2D eigenvalue weighted by atomic mass is 14.2. The molecule has 0 spiro atoms. The first-order chi connectivity index (χ1) is 5.36. The zero-order valence-electron chi connectivity index (χ0n) is 9.41. The summed E-state index contributed by atoms with van der Waals surface area (Å²) in [6.45, 7) is 15.3. The minimum Gasteiger partial charge on any atom is -0.0996 e. The summed E-state index contributed by atoms with van der Waals surface area (Å²) < 4.78 is 0. The molecule has 0 atom stereocenters. The predicted molar refractivity (Wildman–Crippen MR) is 57.3 cm³/mol. The van der Waals surface area contributed by atoms with Crippen LogP contribution in [-0.2, 0) is 0 Å². The summed E-state index contributed by atoms with van der Waals surface area (Å²) in [5, 5.41) is 0.